The Morgan fingerprint density at radius 3 is 2.47 bits per heavy atom. The van der Waals surface area contributed by atoms with E-state index in [-0.39, 0.29) is 24.0 Å². The molecular formula is C24H26BrNO4. The molecule has 1 heterocycles. The molecule has 1 amide bonds. The second-order valence-corrected chi connectivity index (χ2v) is 8.59. The number of aliphatic hydroxyl groups is 1. The second-order valence-electron chi connectivity index (χ2n) is 7.73. The smallest absolute Gasteiger partial charge is 0.295 e. The maximum atomic E-state index is 13.0. The van der Waals surface area contributed by atoms with Crippen LogP contribution in [0.4, 0.5) is 0 Å². The van der Waals surface area contributed by atoms with Gasteiger partial charge in [-0.1, -0.05) is 46.3 Å². The lowest BCUT2D eigenvalue weighted by molar-refractivity contribution is -0.140. The van der Waals surface area contributed by atoms with Gasteiger partial charge < -0.3 is 14.7 Å². The summed E-state index contributed by atoms with van der Waals surface area (Å²) in [5.74, 6) is -1.46. The highest BCUT2D eigenvalue weighted by Crippen LogP contribution is 2.40. The first-order chi connectivity index (χ1) is 14.2. The number of aliphatic hydroxyl groups excluding tert-OH is 1. The van der Waals surface area contributed by atoms with Crippen LogP contribution in [0.3, 0.4) is 0 Å². The number of benzene rings is 2. The highest BCUT2D eigenvalue weighted by atomic mass is 79.9. The summed E-state index contributed by atoms with van der Waals surface area (Å²) >= 11 is 3.45. The number of ketones is 1. The van der Waals surface area contributed by atoms with Crippen LogP contribution >= 0.6 is 15.9 Å². The number of hydrogen-bond acceptors (Lipinski definition) is 4. The van der Waals surface area contributed by atoms with Crippen molar-refractivity contribution in [2.24, 2.45) is 0 Å². The van der Waals surface area contributed by atoms with Gasteiger partial charge in [0.15, 0.2) is 0 Å². The van der Waals surface area contributed by atoms with E-state index in [1.807, 2.05) is 58.0 Å². The Bertz CT molecular complexity index is 1010. The molecule has 30 heavy (non-hydrogen) atoms. The number of rotatable bonds is 6. The van der Waals surface area contributed by atoms with Crippen molar-refractivity contribution < 1.29 is 19.4 Å². The van der Waals surface area contributed by atoms with Crippen molar-refractivity contribution in [1.82, 2.24) is 4.90 Å². The first-order valence-electron chi connectivity index (χ1n) is 9.94. The first kappa shape index (κ1) is 22.2. The highest BCUT2D eigenvalue weighted by molar-refractivity contribution is 9.10. The number of ether oxygens (including phenoxy) is 1. The van der Waals surface area contributed by atoms with Gasteiger partial charge in [-0.3, -0.25) is 9.59 Å². The van der Waals surface area contributed by atoms with Crippen LogP contribution in [0.15, 0.2) is 52.5 Å². The third kappa shape index (κ3) is 4.35. The van der Waals surface area contributed by atoms with Gasteiger partial charge in [-0.2, -0.15) is 0 Å². The Labute approximate surface area is 185 Å². The minimum atomic E-state index is -0.675. The van der Waals surface area contributed by atoms with Gasteiger partial charge in [0.05, 0.1) is 24.3 Å². The highest BCUT2D eigenvalue weighted by Gasteiger charge is 2.46. The number of hydrogen-bond donors (Lipinski definition) is 1. The van der Waals surface area contributed by atoms with Crippen molar-refractivity contribution >= 4 is 33.4 Å². The van der Waals surface area contributed by atoms with Crippen LogP contribution in [0.1, 0.15) is 42.1 Å². The van der Waals surface area contributed by atoms with Crippen LogP contribution in [0, 0.1) is 13.8 Å². The molecule has 2 aromatic rings. The lowest BCUT2D eigenvalue weighted by Crippen LogP contribution is -2.33. The molecule has 1 unspecified atom stereocenters. The maximum Gasteiger partial charge on any atom is 0.295 e. The molecule has 5 nitrogen and oxygen atoms in total. The predicted molar refractivity (Wildman–Crippen MR) is 120 cm³/mol. The van der Waals surface area contributed by atoms with Crippen molar-refractivity contribution in [3.05, 3.63) is 74.8 Å². The summed E-state index contributed by atoms with van der Waals surface area (Å²) in [4.78, 5) is 27.4. The van der Waals surface area contributed by atoms with Gasteiger partial charge in [0.2, 0.25) is 0 Å². The van der Waals surface area contributed by atoms with Crippen molar-refractivity contribution in [3.63, 3.8) is 0 Å². The SMILES string of the molecule is Cc1cc(/C(O)=C2\C(=O)C(=O)N(CCOC(C)C)C2c2ccccc2C)ccc1Br. The maximum absolute atomic E-state index is 13.0. The van der Waals surface area contributed by atoms with E-state index in [0.29, 0.717) is 12.2 Å². The van der Waals surface area contributed by atoms with Gasteiger partial charge >= 0.3 is 0 Å². The van der Waals surface area contributed by atoms with E-state index >= 15 is 0 Å². The average Bonchev–Trinajstić information content (AvgIpc) is 2.94. The summed E-state index contributed by atoms with van der Waals surface area (Å²) in [6.45, 7) is 8.25. The summed E-state index contributed by atoms with van der Waals surface area (Å²) in [5.41, 5.74) is 3.30. The lowest BCUT2D eigenvalue weighted by Gasteiger charge is -2.26. The van der Waals surface area contributed by atoms with Gasteiger partial charge in [0.25, 0.3) is 11.7 Å². The number of carbonyl (C=O) groups is 2. The normalized spacial score (nSPS) is 18.5. The van der Waals surface area contributed by atoms with Crippen LogP contribution in [0.2, 0.25) is 0 Å². The monoisotopic (exact) mass is 471 g/mol. The van der Waals surface area contributed by atoms with Gasteiger partial charge in [-0.15, -0.1) is 0 Å². The Kier molecular flexibility index (Phi) is 6.78. The van der Waals surface area contributed by atoms with Crippen LogP contribution < -0.4 is 0 Å². The lowest BCUT2D eigenvalue weighted by atomic mass is 9.92. The number of amides is 1. The molecule has 0 saturated carbocycles. The molecule has 1 N–H and O–H groups in total. The van der Waals surface area contributed by atoms with E-state index in [4.69, 9.17) is 4.74 Å². The zero-order chi connectivity index (χ0) is 22.0. The fourth-order valence-electron chi connectivity index (χ4n) is 3.66. The third-order valence-corrected chi connectivity index (χ3v) is 6.13. The number of aryl methyl sites for hydroxylation is 2. The minimum Gasteiger partial charge on any atom is -0.507 e. The summed E-state index contributed by atoms with van der Waals surface area (Å²) in [6.07, 6.45) is 0.0180. The molecule has 1 aliphatic heterocycles. The Morgan fingerprint density at radius 2 is 1.83 bits per heavy atom. The van der Waals surface area contributed by atoms with Gasteiger partial charge in [-0.05, 0) is 56.5 Å². The van der Waals surface area contributed by atoms with E-state index in [9.17, 15) is 14.7 Å². The molecule has 3 rings (SSSR count). The van der Waals surface area contributed by atoms with E-state index in [1.165, 1.54) is 4.90 Å². The van der Waals surface area contributed by atoms with Crippen LogP contribution in [-0.4, -0.2) is 41.0 Å². The number of Topliss-reactive ketones (excluding diaryl/α,β-unsaturated/α-hetero) is 1. The summed E-state index contributed by atoms with van der Waals surface area (Å²) in [6, 6.07) is 12.3. The standard InChI is InChI=1S/C24H26BrNO4/c1-14(2)30-12-11-26-21(18-8-6-5-7-15(18)3)20(23(28)24(26)29)22(27)17-9-10-19(25)16(4)13-17/h5-10,13-14,21,27H,11-12H2,1-4H3/b22-20+. The molecular weight excluding hydrogens is 446 g/mol. The zero-order valence-electron chi connectivity index (χ0n) is 17.6. The van der Waals surface area contributed by atoms with Gasteiger partial charge in [-0.25, -0.2) is 0 Å². The predicted octanol–water partition coefficient (Wildman–Crippen LogP) is 4.91. The average molecular weight is 472 g/mol. The molecule has 0 bridgehead atoms. The van der Waals surface area contributed by atoms with Crippen molar-refractivity contribution in [2.75, 3.05) is 13.2 Å². The molecule has 1 atom stereocenters. The summed E-state index contributed by atoms with van der Waals surface area (Å²) in [5, 5.41) is 11.1. The quantitative estimate of drug-likeness (QED) is 0.369. The fourth-order valence-corrected chi connectivity index (χ4v) is 3.91. The van der Waals surface area contributed by atoms with Crippen LogP contribution in [-0.2, 0) is 14.3 Å². The molecule has 2 aromatic carbocycles. The second kappa shape index (κ2) is 9.14. The molecule has 0 aliphatic carbocycles. The minimum absolute atomic E-state index is 0.0180. The molecule has 6 heteroatoms. The number of halogens is 1. The van der Waals surface area contributed by atoms with Crippen molar-refractivity contribution in [1.29, 1.82) is 0 Å². The van der Waals surface area contributed by atoms with Crippen molar-refractivity contribution in [3.8, 4) is 0 Å². The van der Waals surface area contributed by atoms with Crippen molar-refractivity contribution in [2.45, 2.75) is 39.8 Å². The molecule has 1 fully saturated rings. The molecule has 1 saturated heterocycles. The van der Waals surface area contributed by atoms with Crippen LogP contribution in [0.25, 0.3) is 5.76 Å². The Hall–Kier alpha value is -2.44. The first-order valence-corrected chi connectivity index (χ1v) is 10.7. The summed E-state index contributed by atoms with van der Waals surface area (Å²) in [7, 11) is 0. The molecule has 0 spiro atoms. The number of likely N-dealkylation sites (tertiary alicyclic amines) is 1. The van der Waals surface area contributed by atoms with Gasteiger partial charge in [0, 0.05) is 16.6 Å². The van der Waals surface area contributed by atoms with Gasteiger partial charge in [0.1, 0.15) is 5.76 Å². The number of carbonyl (C=O) groups excluding carboxylic acids is 2. The fraction of sp³-hybridized carbons (Fsp3) is 0.333. The Balaban J connectivity index is 2.13. The van der Waals surface area contributed by atoms with E-state index in [1.54, 1.807) is 12.1 Å². The molecule has 158 valence electrons. The summed E-state index contributed by atoms with van der Waals surface area (Å²) < 4.78 is 6.53. The van der Waals surface area contributed by atoms with E-state index < -0.39 is 17.7 Å². The largest absolute Gasteiger partial charge is 0.507 e. The Morgan fingerprint density at radius 1 is 1.13 bits per heavy atom. The van der Waals surface area contributed by atoms with Crippen LogP contribution in [0.5, 0.6) is 0 Å². The topological polar surface area (TPSA) is 66.8 Å². The molecule has 0 aromatic heterocycles. The zero-order valence-corrected chi connectivity index (χ0v) is 19.2. The number of nitrogens with zero attached hydrogens (tertiary/aromatic N) is 1. The third-order valence-electron chi connectivity index (χ3n) is 5.24. The molecule has 1 aliphatic rings. The van der Waals surface area contributed by atoms with E-state index in [0.717, 1.165) is 21.2 Å². The van der Waals surface area contributed by atoms with E-state index in [2.05, 4.69) is 15.9 Å². The molecule has 0 radical (unpaired) electrons.